The highest BCUT2D eigenvalue weighted by Gasteiger charge is 2.08. The normalized spacial score (nSPS) is 11.8. The molecule has 27 heavy (non-hydrogen) atoms. The Balaban J connectivity index is 1.60. The smallest absolute Gasteiger partial charge is 0.161 e. The summed E-state index contributed by atoms with van der Waals surface area (Å²) in [5, 5.41) is 3.55. The van der Waals surface area contributed by atoms with Crippen LogP contribution in [-0.2, 0) is 13.2 Å². The summed E-state index contributed by atoms with van der Waals surface area (Å²) in [7, 11) is 1.68. The molecule has 0 heterocycles. The van der Waals surface area contributed by atoms with Crippen LogP contribution in [0.15, 0.2) is 72.8 Å². The number of rotatable bonds is 8. The van der Waals surface area contributed by atoms with E-state index in [0.717, 1.165) is 29.2 Å². The minimum absolute atomic E-state index is 0.287. The van der Waals surface area contributed by atoms with Crippen molar-refractivity contribution >= 4 is 0 Å². The van der Waals surface area contributed by atoms with Crippen molar-refractivity contribution in [3.8, 4) is 11.5 Å². The Kier molecular flexibility index (Phi) is 6.50. The van der Waals surface area contributed by atoms with Gasteiger partial charge in [0.2, 0.25) is 0 Å². The van der Waals surface area contributed by atoms with E-state index >= 15 is 0 Å². The monoisotopic (exact) mass is 361 g/mol. The number of hydrogen-bond donors (Lipinski definition) is 1. The average Bonchev–Trinajstić information content (AvgIpc) is 2.72. The van der Waals surface area contributed by atoms with E-state index in [9.17, 15) is 0 Å². The van der Waals surface area contributed by atoms with Gasteiger partial charge in [0.25, 0.3) is 0 Å². The van der Waals surface area contributed by atoms with Crippen LogP contribution in [-0.4, -0.2) is 7.11 Å². The summed E-state index contributed by atoms with van der Waals surface area (Å²) in [6.07, 6.45) is 0. The van der Waals surface area contributed by atoms with E-state index in [1.165, 1.54) is 11.1 Å². The van der Waals surface area contributed by atoms with Crippen LogP contribution in [0, 0.1) is 6.92 Å². The minimum atomic E-state index is 0.287. The van der Waals surface area contributed by atoms with E-state index in [0.29, 0.717) is 6.61 Å². The molecule has 0 aliphatic heterocycles. The largest absolute Gasteiger partial charge is 0.493 e. The summed E-state index contributed by atoms with van der Waals surface area (Å²) < 4.78 is 11.5. The van der Waals surface area contributed by atoms with Gasteiger partial charge in [0, 0.05) is 12.6 Å². The average molecular weight is 361 g/mol. The van der Waals surface area contributed by atoms with Gasteiger partial charge < -0.3 is 14.8 Å². The zero-order valence-electron chi connectivity index (χ0n) is 16.2. The quantitative estimate of drug-likeness (QED) is 0.580. The molecular formula is C24H27NO2. The van der Waals surface area contributed by atoms with Crippen LogP contribution in [0.5, 0.6) is 11.5 Å². The molecule has 0 aliphatic carbocycles. The summed E-state index contributed by atoms with van der Waals surface area (Å²) in [6.45, 7) is 5.55. The Morgan fingerprint density at radius 1 is 0.852 bits per heavy atom. The molecule has 3 nitrogen and oxygen atoms in total. The van der Waals surface area contributed by atoms with Crippen LogP contribution in [0.4, 0.5) is 0 Å². The summed E-state index contributed by atoms with van der Waals surface area (Å²) in [4.78, 5) is 0. The van der Waals surface area contributed by atoms with Crippen molar-refractivity contribution in [2.24, 2.45) is 0 Å². The van der Waals surface area contributed by atoms with Gasteiger partial charge >= 0.3 is 0 Å². The van der Waals surface area contributed by atoms with Crippen LogP contribution in [0.2, 0.25) is 0 Å². The summed E-state index contributed by atoms with van der Waals surface area (Å²) in [5.41, 5.74) is 4.84. The van der Waals surface area contributed by atoms with Gasteiger partial charge in [-0.25, -0.2) is 0 Å². The summed E-state index contributed by atoms with van der Waals surface area (Å²) >= 11 is 0. The molecule has 0 spiro atoms. The Hall–Kier alpha value is -2.78. The summed E-state index contributed by atoms with van der Waals surface area (Å²) in [5.74, 6) is 1.52. The molecule has 1 atom stereocenters. The van der Waals surface area contributed by atoms with Gasteiger partial charge in [0.15, 0.2) is 11.5 Å². The molecular weight excluding hydrogens is 334 g/mol. The van der Waals surface area contributed by atoms with Crippen LogP contribution in [0.1, 0.15) is 35.2 Å². The van der Waals surface area contributed by atoms with E-state index < -0.39 is 0 Å². The molecule has 0 saturated heterocycles. The molecule has 1 N–H and O–H groups in total. The number of nitrogens with one attached hydrogen (secondary N) is 1. The van der Waals surface area contributed by atoms with Crippen molar-refractivity contribution in [3.05, 3.63) is 95.1 Å². The van der Waals surface area contributed by atoms with Crippen molar-refractivity contribution in [2.75, 3.05) is 7.11 Å². The van der Waals surface area contributed by atoms with E-state index in [1.807, 2.05) is 18.2 Å². The first kappa shape index (κ1) is 19.0. The lowest BCUT2D eigenvalue weighted by molar-refractivity contribution is 0.284. The first-order valence-corrected chi connectivity index (χ1v) is 9.29. The second kappa shape index (κ2) is 9.24. The molecule has 0 aliphatic rings. The Bertz CT molecular complexity index is 844. The van der Waals surface area contributed by atoms with Crippen LogP contribution < -0.4 is 14.8 Å². The molecule has 0 bridgehead atoms. The van der Waals surface area contributed by atoms with Gasteiger partial charge in [-0.15, -0.1) is 0 Å². The van der Waals surface area contributed by atoms with Gasteiger partial charge in [0.05, 0.1) is 7.11 Å². The number of benzene rings is 3. The van der Waals surface area contributed by atoms with E-state index in [-0.39, 0.29) is 6.04 Å². The molecule has 140 valence electrons. The third-order valence-electron chi connectivity index (χ3n) is 4.65. The topological polar surface area (TPSA) is 30.5 Å². The third kappa shape index (κ3) is 5.35. The molecule has 3 rings (SSSR count). The molecule has 3 aromatic carbocycles. The van der Waals surface area contributed by atoms with Crippen molar-refractivity contribution in [1.29, 1.82) is 0 Å². The maximum Gasteiger partial charge on any atom is 0.161 e. The lowest BCUT2D eigenvalue weighted by Gasteiger charge is -2.16. The van der Waals surface area contributed by atoms with Crippen molar-refractivity contribution in [1.82, 2.24) is 5.32 Å². The molecule has 3 aromatic rings. The Morgan fingerprint density at radius 2 is 1.56 bits per heavy atom. The maximum atomic E-state index is 5.96. The third-order valence-corrected chi connectivity index (χ3v) is 4.65. The highest BCUT2D eigenvalue weighted by molar-refractivity contribution is 5.43. The second-order valence-corrected chi connectivity index (χ2v) is 6.77. The highest BCUT2D eigenvalue weighted by atomic mass is 16.5. The summed E-state index contributed by atoms with van der Waals surface area (Å²) in [6, 6.07) is 25.2. The lowest BCUT2D eigenvalue weighted by Crippen LogP contribution is -2.18. The number of hydrogen-bond acceptors (Lipinski definition) is 3. The molecule has 0 amide bonds. The molecule has 0 aromatic heterocycles. The number of ether oxygens (including phenoxy) is 2. The van der Waals surface area contributed by atoms with E-state index in [4.69, 9.17) is 9.47 Å². The van der Waals surface area contributed by atoms with E-state index in [2.05, 4.69) is 73.8 Å². The molecule has 3 heteroatoms. The Labute approximate surface area is 162 Å². The van der Waals surface area contributed by atoms with E-state index in [1.54, 1.807) is 7.11 Å². The molecule has 0 saturated carbocycles. The molecule has 1 unspecified atom stereocenters. The van der Waals surface area contributed by atoms with Gasteiger partial charge in [0.1, 0.15) is 6.61 Å². The predicted octanol–water partition coefficient (Wildman–Crippen LogP) is 5.43. The van der Waals surface area contributed by atoms with Gasteiger partial charge in [-0.1, -0.05) is 66.2 Å². The predicted molar refractivity (Wildman–Crippen MR) is 110 cm³/mol. The standard InChI is InChI=1S/C24H27NO2/c1-18-9-11-20(12-10-18)17-27-23-14-13-21(15-24(23)26-3)16-25-19(2)22-7-5-4-6-8-22/h4-15,19,25H,16-17H2,1-3H3. The maximum absolute atomic E-state index is 5.96. The minimum Gasteiger partial charge on any atom is -0.493 e. The first-order chi connectivity index (χ1) is 13.2. The SMILES string of the molecule is COc1cc(CNC(C)c2ccccc2)ccc1OCc1ccc(C)cc1. The van der Waals surface area contributed by atoms with Crippen molar-refractivity contribution < 1.29 is 9.47 Å². The van der Waals surface area contributed by atoms with Crippen molar-refractivity contribution in [2.45, 2.75) is 33.0 Å². The molecule has 0 radical (unpaired) electrons. The highest BCUT2D eigenvalue weighted by Crippen LogP contribution is 2.29. The van der Waals surface area contributed by atoms with Crippen LogP contribution in [0.25, 0.3) is 0 Å². The molecule has 0 fully saturated rings. The first-order valence-electron chi connectivity index (χ1n) is 9.29. The van der Waals surface area contributed by atoms with Gasteiger partial charge in [-0.05, 0) is 42.7 Å². The zero-order chi connectivity index (χ0) is 19.1. The number of aryl methyl sites for hydroxylation is 1. The van der Waals surface area contributed by atoms with Gasteiger partial charge in [-0.2, -0.15) is 0 Å². The zero-order valence-corrected chi connectivity index (χ0v) is 16.2. The Morgan fingerprint density at radius 3 is 2.26 bits per heavy atom. The van der Waals surface area contributed by atoms with Gasteiger partial charge in [-0.3, -0.25) is 0 Å². The van der Waals surface area contributed by atoms with Crippen LogP contribution in [0.3, 0.4) is 0 Å². The fourth-order valence-electron chi connectivity index (χ4n) is 2.92. The fourth-order valence-corrected chi connectivity index (χ4v) is 2.92. The lowest BCUT2D eigenvalue weighted by atomic mass is 10.1. The fraction of sp³-hybridized carbons (Fsp3) is 0.250. The number of methoxy groups -OCH3 is 1. The second-order valence-electron chi connectivity index (χ2n) is 6.77. The van der Waals surface area contributed by atoms with Crippen molar-refractivity contribution in [3.63, 3.8) is 0 Å². The van der Waals surface area contributed by atoms with Crippen LogP contribution >= 0.6 is 0 Å².